The van der Waals surface area contributed by atoms with Crippen LogP contribution in [0.5, 0.6) is 0 Å². The van der Waals surface area contributed by atoms with Gasteiger partial charge in [-0.3, -0.25) is 4.99 Å². The third kappa shape index (κ3) is 10.0. The fourth-order valence-corrected chi connectivity index (χ4v) is 1.32. The Morgan fingerprint density at radius 2 is 1.73 bits per heavy atom. The number of hydrogen-bond donors (Lipinski definition) is 0. The van der Waals surface area contributed by atoms with E-state index in [9.17, 15) is 0 Å². The van der Waals surface area contributed by atoms with Gasteiger partial charge in [0.25, 0.3) is 0 Å². The van der Waals surface area contributed by atoms with E-state index in [0.717, 1.165) is 6.54 Å². The van der Waals surface area contributed by atoms with Crippen LogP contribution < -0.4 is 0 Å². The lowest BCUT2D eigenvalue weighted by Crippen LogP contribution is -1.98. The Kier molecular flexibility index (Phi) is 15.7. The second-order valence-corrected chi connectivity index (χ2v) is 2.89. The van der Waals surface area contributed by atoms with Crippen LogP contribution in [0.25, 0.3) is 0 Å². The Labute approximate surface area is 75.7 Å². The highest BCUT2D eigenvalue weighted by molar-refractivity contribution is 8.13. The van der Waals surface area contributed by atoms with Gasteiger partial charge in [-0.25, -0.2) is 0 Å². The van der Waals surface area contributed by atoms with Crippen molar-refractivity contribution in [2.24, 2.45) is 4.99 Å². The van der Waals surface area contributed by atoms with Crippen LogP contribution in [-0.2, 0) is 0 Å². The van der Waals surface area contributed by atoms with Crippen molar-refractivity contribution in [2.75, 3.05) is 12.3 Å². The molecule has 0 amide bonds. The normalized spacial score (nSPS) is 14.8. The van der Waals surface area contributed by atoms with Gasteiger partial charge in [-0.15, -0.1) is 11.8 Å². The molecule has 0 aromatic rings. The molecule has 1 rings (SSSR count). The minimum atomic E-state index is 1.05. The van der Waals surface area contributed by atoms with Gasteiger partial charge < -0.3 is 0 Å². The second kappa shape index (κ2) is 12.7. The molecule has 1 nitrogen and oxygen atoms in total. The molecule has 0 saturated heterocycles. The molecule has 0 saturated carbocycles. The summed E-state index contributed by atoms with van der Waals surface area (Å²) in [6.07, 6.45) is 1.27. The molecule has 0 N–H and O–H groups in total. The summed E-state index contributed by atoms with van der Waals surface area (Å²) in [4.78, 5) is 4.21. The molecular weight excluding hydrogens is 154 g/mol. The van der Waals surface area contributed by atoms with E-state index in [1.54, 1.807) is 0 Å². The first-order valence-corrected chi connectivity index (χ1v) is 5.52. The van der Waals surface area contributed by atoms with Gasteiger partial charge in [-0.2, -0.15) is 0 Å². The molecule has 1 heterocycles. The molecule has 1 aliphatic heterocycles. The van der Waals surface area contributed by atoms with Crippen LogP contribution in [0.1, 0.15) is 41.0 Å². The maximum Gasteiger partial charge on any atom is 0.0644 e. The van der Waals surface area contributed by atoms with Crippen LogP contribution in [-0.4, -0.2) is 17.3 Å². The molecule has 11 heavy (non-hydrogen) atoms. The topological polar surface area (TPSA) is 12.4 Å². The van der Waals surface area contributed by atoms with Gasteiger partial charge in [0.05, 0.1) is 5.04 Å². The van der Waals surface area contributed by atoms with Gasteiger partial charge in [0.2, 0.25) is 0 Å². The summed E-state index contributed by atoms with van der Waals surface area (Å²) in [5.74, 6) is 1.27. The molecule has 0 spiro atoms. The quantitative estimate of drug-likeness (QED) is 0.548. The summed E-state index contributed by atoms with van der Waals surface area (Å²) < 4.78 is 0. The summed E-state index contributed by atoms with van der Waals surface area (Å²) in [6.45, 7) is 11.1. The Balaban J connectivity index is 0. The zero-order valence-electron chi connectivity index (χ0n) is 8.48. The summed E-state index contributed by atoms with van der Waals surface area (Å²) in [6, 6.07) is 0. The first-order valence-electron chi connectivity index (χ1n) is 4.53. The third-order valence-corrected chi connectivity index (χ3v) is 1.99. The van der Waals surface area contributed by atoms with E-state index >= 15 is 0 Å². The van der Waals surface area contributed by atoms with Crippen LogP contribution in [0.15, 0.2) is 4.99 Å². The average Bonchev–Trinajstić information content (AvgIpc) is 2.13. The number of thioether (sulfide) groups is 1. The highest BCUT2D eigenvalue weighted by Crippen LogP contribution is 2.10. The maximum atomic E-state index is 4.21. The fraction of sp³-hybridized carbons (Fsp3) is 0.889. The molecule has 0 aromatic carbocycles. The van der Waals surface area contributed by atoms with Crippen molar-refractivity contribution in [3.05, 3.63) is 0 Å². The van der Waals surface area contributed by atoms with Crippen LogP contribution in [0.4, 0.5) is 0 Å². The van der Waals surface area contributed by atoms with E-state index in [1.807, 2.05) is 39.5 Å². The predicted octanol–water partition coefficient (Wildman–Crippen LogP) is 3.59. The summed E-state index contributed by atoms with van der Waals surface area (Å²) in [5, 5.41) is 1.26. The van der Waals surface area contributed by atoms with Crippen LogP contribution >= 0.6 is 11.8 Å². The Hall–Kier alpha value is 0.0200. The molecule has 0 aliphatic carbocycles. The molecule has 0 atom stereocenters. The van der Waals surface area contributed by atoms with Crippen molar-refractivity contribution in [3.63, 3.8) is 0 Å². The van der Waals surface area contributed by atoms with Crippen molar-refractivity contribution >= 4 is 16.8 Å². The van der Waals surface area contributed by atoms with Crippen molar-refractivity contribution in [1.29, 1.82) is 0 Å². The predicted molar refractivity (Wildman–Crippen MR) is 57.7 cm³/mol. The summed E-state index contributed by atoms with van der Waals surface area (Å²) in [7, 11) is 0. The summed E-state index contributed by atoms with van der Waals surface area (Å²) in [5.41, 5.74) is 0. The van der Waals surface area contributed by atoms with Gasteiger partial charge in [0.15, 0.2) is 0 Å². The van der Waals surface area contributed by atoms with Crippen molar-refractivity contribution in [1.82, 2.24) is 0 Å². The van der Waals surface area contributed by atoms with Crippen molar-refractivity contribution < 1.29 is 0 Å². The molecule has 0 unspecified atom stereocenters. The third-order valence-electron chi connectivity index (χ3n) is 0.948. The van der Waals surface area contributed by atoms with E-state index in [0.29, 0.717) is 0 Å². The lowest BCUT2D eigenvalue weighted by Gasteiger charge is -2.04. The molecule has 1 aliphatic rings. The van der Waals surface area contributed by atoms with Gasteiger partial charge in [0.1, 0.15) is 0 Å². The average molecular weight is 175 g/mol. The highest BCUT2D eigenvalue weighted by atomic mass is 32.2. The molecule has 68 valence electrons. The maximum absolute atomic E-state index is 4.21. The van der Waals surface area contributed by atoms with Crippen LogP contribution in [0.2, 0.25) is 0 Å². The van der Waals surface area contributed by atoms with E-state index in [4.69, 9.17) is 0 Å². The van der Waals surface area contributed by atoms with Crippen molar-refractivity contribution in [2.45, 2.75) is 41.0 Å². The molecule has 0 fully saturated rings. The molecule has 0 bridgehead atoms. The van der Waals surface area contributed by atoms with Gasteiger partial charge in [-0.1, -0.05) is 27.7 Å². The van der Waals surface area contributed by atoms with Crippen LogP contribution in [0, 0.1) is 0 Å². The van der Waals surface area contributed by atoms with Gasteiger partial charge in [-0.05, 0) is 13.3 Å². The molecule has 0 aromatic heterocycles. The van der Waals surface area contributed by atoms with Crippen LogP contribution in [0.3, 0.4) is 0 Å². The highest BCUT2D eigenvalue weighted by Gasteiger charge is 1.97. The SMILES string of the molecule is CC.CC.CC1=NCCCS1. The Morgan fingerprint density at radius 1 is 1.18 bits per heavy atom. The number of rotatable bonds is 0. The number of hydrogen-bond acceptors (Lipinski definition) is 2. The smallest absolute Gasteiger partial charge is 0.0644 e. The monoisotopic (exact) mass is 175 g/mol. The van der Waals surface area contributed by atoms with Crippen molar-refractivity contribution in [3.8, 4) is 0 Å². The standard InChI is InChI=1S/C5H9NS.2C2H6/c1-5-6-3-2-4-7-5;2*1-2/h2-4H2,1H3;2*1-2H3. The molecule has 0 radical (unpaired) electrons. The minimum absolute atomic E-state index is 1.05. The summed E-state index contributed by atoms with van der Waals surface area (Å²) >= 11 is 1.87. The lowest BCUT2D eigenvalue weighted by atomic mass is 10.5. The fourth-order valence-electron chi connectivity index (χ4n) is 0.567. The zero-order valence-corrected chi connectivity index (χ0v) is 9.29. The number of nitrogens with zero attached hydrogens (tertiary/aromatic N) is 1. The Morgan fingerprint density at radius 3 is 1.91 bits per heavy atom. The molecular formula is C9H21NS. The number of aliphatic imine (C=N–C) groups is 1. The first-order chi connectivity index (χ1) is 5.39. The van der Waals surface area contributed by atoms with E-state index in [2.05, 4.69) is 11.9 Å². The first kappa shape index (κ1) is 13.6. The zero-order chi connectivity index (χ0) is 9.11. The second-order valence-electron chi connectivity index (χ2n) is 1.60. The van der Waals surface area contributed by atoms with E-state index < -0.39 is 0 Å². The van der Waals surface area contributed by atoms with E-state index in [1.165, 1.54) is 17.2 Å². The van der Waals surface area contributed by atoms with Gasteiger partial charge in [0, 0.05) is 12.3 Å². The minimum Gasteiger partial charge on any atom is -0.283 e. The van der Waals surface area contributed by atoms with E-state index in [-0.39, 0.29) is 0 Å². The lowest BCUT2D eigenvalue weighted by molar-refractivity contribution is 0.938. The largest absolute Gasteiger partial charge is 0.283 e. The Bertz CT molecular complexity index is 89.6. The van der Waals surface area contributed by atoms with Gasteiger partial charge >= 0.3 is 0 Å². The molecule has 2 heteroatoms.